The van der Waals surface area contributed by atoms with E-state index in [-0.39, 0.29) is 23.5 Å². The number of hydrogen-bond donors (Lipinski definition) is 0. The van der Waals surface area contributed by atoms with Gasteiger partial charge in [0, 0.05) is 12.1 Å². The molecule has 2 aliphatic rings. The summed E-state index contributed by atoms with van der Waals surface area (Å²) < 4.78 is 18.6. The number of esters is 1. The van der Waals surface area contributed by atoms with Gasteiger partial charge in [-0.1, -0.05) is 30.3 Å². The third-order valence-electron chi connectivity index (χ3n) is 6.34. The van der Waals surface area contributed by atoms with Gasteiger partial charge in [-0.25, -0.2) is 9.59 Å². The van der Waals surface area contributed by atoms with Gasteiger partial charge in [-0.2, -0.15) is 0 Å². The summed E-state index contributed by atoms with van der Waals surface area (Å²) in [6, 6.07) is 14.6. The highest BCUT2D eigenvalue weighted by Gasteiger charge is 2.46. The van der Waals surface area contributed by atoms with Gasteiger partial charge in [0.1, 0.15) is 11.3 Å². The first-order chi connectivity index (χ1) is 15.6. The lowest BCUT2D eigenvalue weighted by Gasteiger charge is -2.18. The Morgan fingerprint density at radius 3 is 2.84 bits per heavy atom. The van der Waals surface area contributed by atoms with E-state index in [1.807, 2.05) is 18.2 Å². The maximum absolute atomic E-state index is 13.6. The molecule has 0 saturated heterocycles. The van der Waals surface area contributed by atoms with Crippen LogP contribution in [0.4, 0.5) is 0 Å². The number of benzene rings is 2. The van der Waals surface area contributed by atoms with Crippen molar-refractivity contribution in [2.24, 2.45) is 0 Å². The van der Waals surface area contributed by atoms with Crippen LogP contribution in [0.5, 0.6) is 5.75 Å². The molecule has 0 radical (unpaired) electrons. The Hall–Kier alpha value is -3.87. The summed E-state index contributed by atoms with van der Waals surface area (Å²) in [5, 5.41) is 1.46. The van der Waals surface area contributed by atoms with Crippen LogP contribution in [-0.2, 0) is 22.5 Å². The van der Waals surface area contributed by atoms with Crippen molar-refractivity contribution in [3.8, 4) is 5.75 Å². The molecular weight excluding hydrogens is 410 g/mol. The van der Waals surface area contributed by atoms with E-state index in [1.165, 1.54) is 0 Å². The Bertz CT molecular complexity index is 1550. The monoisotopic (exact) mass is 429 g/mol. The van der Waals surface area contributed by atoms with Crippen LogP contribution in [-0.4, -0.2) is 23.2 Å². The molecular formula is C25H19NO6. The lowest BCUT2D eigenvalue weighted by Crippen LogP contribution is -2.36. The molecule has 0 unspecified atom stereocenters. The molecule has 2 atom stereocenters. The summed E-state index contributed by atoms with van der Waals surface area (Å²) in [4.78, 5) is 39.5. The Labute approximate surface area is 181 Å². The summed E-state index contributed by atoms with van der Waals surface area (Å²) in [7, 11) is 0. The second kappa shape index (κ2) is 6.82. The number of rotatable bonds is 3. The van der Waals surface area contributed by atoms with Crippen molar-refractivity contribution in [2.45, 2.75) is 31.9 Å². The van der Waals surface area contributed by atoms with Gasteiger partial charge >= 0.3 is 11.6 Å². The third kappa shape index (κ3) is 2.51. The van der Waals surface area contributed by atoms with E-state index in [4.69, 9.17) is 13.9 Å². The predicted octanol–water partition coefficient (Wildman–Crippen LogP) is 3.12. The number of carbonyl (C=O) groups excluding carboxylic acids is 1. The number of carbonyl (C=O) groups is 1. The van der Waals surface area contributed by atoms with Gasteiger partial charge in [-0.15, -0.1) is 0 Å². The molecule has 0 saturated carbocycles. The Morgan fingerprint density at radius 2 is 2.00 bits per heavy atom. The van der Waals surface area contributed by atoms with Crippen molar-refractivity contribution in [1.82, 2.24) is 4.57 Å². The maximum atomic E-state index is 13.6. The number of pyridine rings is 1. The maximum Gasteiger partial charge on any atom is 0.348 e. The van der Waals surface area contributed by atoms with Gasteiger partial charge in [0.15, 0.2) is 0 Å². The Balaban J connectivity index is 1.66. The third-order valence-corrected chi connectivity index (χ3v) is 6.34. The van der Waals surface area contributed by atoms with Crippen LogP contribution in [0.25, 0.3) is 21.9 Å². The first-order valence-electron chi connectivity index (χ1n) is 10.6. The van der Waals surface area contributed by atoms with Gasteiger partial charge < -0.3 is 18.5 Å². The molecule has 7 heteroatoms. The average Bonchev–Trinajstić information content (AvgIpc) is 3.40. The molecule has 0 bridgehead atoms. The zero-order valence-electron chi connectivity index (χ0n) is 17.3. The van der Waals surface area contributed by atoms with Gasteiger partial charge in [0.05, 0.1) is 29.0 Å². The van der Waals surface area contributed by atoms with Gasteiger partial charge in [-0.05, 0) is 42.5 Å². The topological polar surface area (TPSA) is 87.7 Å². The fourth-order valence-electron chi connectivity index (χ4n) is 5.02. The molecule has 6 rings (SSSR count). The Kier molecular flexibility index (Phi) is 4.02. The molecule has 32 heavy (non-hydrogen) atoms. The molecule has 0 fully saturated rings. The van der Waals surface area contributed by atoms with Crippen molar-refractivity contribution in [3.05, 3.63) is 86.0 Å². The molecule has 7 nitrogen and oxygen atoms in total. The zero-order chi connectivity index (χ0) is 22.0. The first kappa shape index (κ1) is 18.9. The van der Waals surface area contributed by atoms with Crippen molar-refractivity contribution < 1.29 is 18.7 Å². The fraction of sp³-hybridized carbons (Fsp3) is 0.240. The summed E-state index contributed by atoms with van der Waals surface area (Å²) in [6.07, 6.45) is -0.386. The molecule has 0 spiro atoms. The summed E-state index contributed by atoms with van der Waals surface area (Å²) in [5.41, 5.74) is 2.03. The van der Waals surface area contributed by atoms with Crippen LogP contribution in [0.3, 0.4) is 0 Å². The highest BCUT2D eigenvalue weighted by Crippen LogP contribution is 2.44. The lowest BCUT2D eigenvalue weighted by atomic mass is 9.88. The van der Waals surface area contributed by atoms with Gasteiger partial charge in [0.25, 0.3) is 5.56 Å². The van der Waals surface area contributed by atoms with E-state index in [0.29, 0.717) is 23.1 Å². The van der Waals surface area contributed by atoms with Crippen molar-refractivity contribution in [3.63, 3.8) is 0 Å². The van der Waals surface area contributed by atoms with Crippen molar-refractivity contribution >= 4 is 27.8 Å². The molecule has 4 aromatic rings. The van der Waals surface area contributed by atoms with Crippen LogP contribution in [0, 0.1) is 0 Å². The van der Waals surface area contributed by atoms with E-state index in [1.54, 1.807) is 41.8 Å². The SMILES string of the molecule is CCOC(=O)[C@H]1Oc2c(c(=O)oc3ccccc23)[C@@H]1c1cc2cccc3c2n(c1=O)CC3. The standard InChI is InChI=1S/C25H19NO6/c1-2-30-25(29)22-18(19-21(32-22)15-8-3-4-9-17(15)31-24(19)28)16-12-14-7-5-6-13-10-11-26(20(13)14)23(16)27/h3-9,12,18,22H,2,10-11H2,1H3/t18-,22-/m0/s1. The lowest BCUT2D eigenvalue weighted by molar-refractivity contribution is -0.151. The molecule has 2 aliphatic heterocycles. The van der Waals surface area contributed by atoms with Crippen LogP contribution in [0.1, 0.15) is 29.5 Å². The van der Waals surface area contributed by atoms with E-state index < -0.39 is 23.6 Å². The fourth-order valence-corrected chi connectivity index (χ4v) is 5.02. The summed E-state index contributed by atoms with van der Waals surface area (Å²) in [6.45, 7) is 2.41. The van der Waals surface area contributed by atoms with E-state index in [0.717, 1.165) is 22.9 Å². The van der Waals surface area contributed by atoms with Crippen molar-refractivity contribution in [2.75, 3.05) is 6.61 Å². The predicted molar refractivity (Wildman–Crippen MR) is 117 cm³/mol. The number of aryl methyl sites for hydroxylation is 2. The smallest absolute Gasteiger partial charge is 0.348 e. The summed E-state index contributed by atoms with van der Waals surface area (Å²) in [5.74, 6) is -1.27. The normalized spacial score (nSPS) is 18.7. The minimum Gasteiger partial charge on any atom is -0.476 e. The van der Waals surface area contributed by atoms with Crippen LogP contribution < -0.4 is 15.9 Å². The number of para-hydroxylation sites is 2. The van der Waals surface area contributed by atoms with Crippen LogP contribution >= 0.6 is 0 Å². The largest absolute Gasteiger partial charge is 0.476 e. The molecule has 4 heterocycles. The van der Waals surface area contributed by atoms with E-state index in [2.05, 4.69) is 0 Å². The van der Waals surface area contributed by atoms with Crippen molar-refractivity contribution in [1.29, 1.82) is 0 Å². The van der Waals surface area contributed by atoms with Crippen LogP contribution in [0.2, 0.25) is 0 Å². The number of nitrogens with zero attached hydrogens (tertiary/aromatic N) is 1. The number of fused-ring (bicyclic) bond motifs is 3. The second-order valence-electron chi connectivity index (χ2n) is 8.06. The van der Waals surface area contributed by atoms with Crippen LogP contribution in [0.15, 0.2) is 62.5 Å². The average molecular weight is 429 g/mol. The molecule has 2 aromatic heterocycles. The zero-order valence-corrected chi connectivity index (χ0v) is 17.3. The minimum absolute atomic E-state index is 0.155. The molecule has 0 aliphatic carbocycles. The van der Waals surface area contributed by atoms with Gasteiger partial charge in [0.2, 0.25) is 6.10 Å². The minimum atomic E-state index is -1.15. The molecule has 160 valence electrons. The Morgan fingerprint density at radius 1 is 1.16 bits per heavy atom. The number of aromatic nitrogens is 1. The summed E-state index contributed by atoms with van der Waals surface area (Å²) >= 11 is 0. The number of ether oxygens (including phenoxy) is 2. The highest BCUT2D eigenvalue weighted by molar-refractivity contribution is 5.89. The molecule has 0 amide bonds. The van der Waals surface area contributed by atoms with E-state index >= 15 is 0 Å². The molecule has 2 aromatic carbocycles. The quantitative estimate of drug-likeness (QED) is 0.367. The highest BCUT2D eigenvalue weighted by atomic mass is 16.6. The first-order valence-corrected chi connectivity index (χ1v) is 10.6. The van der Waals surface area contributed by atoms with Gasteiger partial charge in [-0.3, -0.25) is 4.79 Å². The second-order valence-corrected chi connectivity index (χ2v) is 8.06. The van der Waals surface area contributed by atoms with E-state index in [9.17, 15) is 14.4 Å². The molecule has 0 N–H and O–H groups in total. The number of hydrogen-bond acceptors (Lipinski definition) is 6.